The van der Waals surface area contributed by atoms with Crippen LogP contribution in [0.3, 0.4) is 0 Å². The number of hydrogen-bond donors (Lipinski definition) is 0. The average molecular weight is 396 g/mol. The first-order valence-corrected chi connectivity index (χ1v) is 9.82. The number of piperazine rings is 1. The smallest absolute Gasteiger partial charge is 0.244 e. The second kappa shape index (κ2) is 7.22. The molecule has 0 aromatic heterocycles. The van der Waals surface area contributed by atoms with Crippen molar-refractivity contribution in [3.8, 4) is 6.07 Å². The second-order valence-corrected chi connectivity index (χ2v) is 8.34. The highest BCUT2D eigenvalue weighted by molar-refractivity contribution is 7.89. The summed E-state index contributed by atoms with van der Waals surface area (Å²) in [6.45, 7) is 1.61. The van der Waals surface area contributed by atoms with Crippen LogP contribution in [0.4, 0.5) is 5.69 Å². The van der Waals surface area contributed by atoms with Gasteiger partial charge in [0, 0.05) is 31.2 Å². The summed E-state index contributed by atoms with van der Waals surface area (Å²) in [5, 5.41) is 9.99. The zero-order chi connectivity index (χ0) is 18.0. The van der Waals surface area contributed by atoms with Crippen LogP contribution in [0.2, 0.25) is 10.0 Å². The van der Waals surface area contributed by atoms with Crippen molar-refractivity contribution in [1.82, 2.24) is 4.31 Å². The van der Waals surface area contributed by atoms with E-state index in [0.717, 1.165) is 5.69 Å². The van der Waals surface area contributed by atoms with E-state index in [1.165, 1.54) is 10.4 Å². The van der Waals surface area contributed by atoms with Crippen molar-refractivity contribution in [3.63, 3.8) is 0 Å². The van der Waals surface area contributed by atoms with Crippen LogP contribution in [0, 0.1) is 11.3 Å². The Labute approximate surface area is 157 Å². The number of sulfonamides is 1. The Morgan fingerprint density at radius 3 is 2.32 bits per heavy atom. The highest BCUT2D eigenvalue weighted by Crippen LogP contribution is 2.28. The third kappa shape index (κ3) is 3.60. The fraction of sp³-hybridized carbons (Fsp3) is 0.235. The van der Waals surface area contributed by atoms with Gasteiger partial charge in [0.05, 0.1) is 16.3 Å². The fourth-order valence-electron chi connectivity index (χ4n) is 2.84. The molecule has 3 rings (SSSR count). The molecule has 0 radical (unpaired) electrons. The molecule has 0 saturated carbocycles. The van der Waals surface area contributed by atoms with Crippen molar-refractivity contribution < 1.29 is 8.42 Å². The zero-order valence-electron chi connectivity index (χ0n) is 13.2. The van der Waals surface area contributed by atoms with E-state index < -0.39 is 10.0 Å². The van der Waals surface area contributed by atoms with Gasteiger partial charge in [-0.15, -0.1) is 0 Å². The Hall–Kier alpha value is -1.78. The van der Waals surface area contributed by atoms with Crippen molar-refractivity contribution in [2.24, 2.45) is 0 Å². The summed E-state index contributed by atoms with van der Waals surface area (Å²) >= 11 is 12.0. The van der Waals surface area contributed by atoms with E-state index in [4.69, 9.17) is 23.2 Å². The lowest BCUT2D eigenvalue weighted by molar-refractivity contribution is 0.385. The van der Waals surface area contributed by atoms with Crippen LogP contribution in [0.15, 0.2) is 47.4 Å². The number of halogens is 2. The molecule has 1 fully saturated rings. The summed E-state index contributed by atoms with van der Waals surface area (Å²) in [5.74, 6) is 0. The highest BCUT2D eigenvalue weighted by Gasteiger charge is 2.30. The molecular formula is C17H15Cl2N3O2S. The lowest BCUT2D eigenvalue weighted by Gasteiger charge is -2.35. The van der Waals surface area contributed by atoms with Crippen LogP contribution in [0.1, 0.15) is 5.56 Å². The minimum atomic E-state index is -3.63. The minimum Gasteiger partial charge on any atom is -0.368 e. The standard InChI is InChI=1S/C17H15Cl2N3O2S/c18-14-5-6-16(13(11-14)12-20)21-7-9-22(10-8-21)25(23,24)17-4-2-1-3-15(17)19/h1-6,11H,7-10H2. The maximum atomic E-state index is 12.8. The summed E-state index contributed by atoms with van der Waals surface area (Å²) in [5.41, 5.74) is 1.25. The molecule has 1 saturated heterocycles. The lowest BCUT2D eigenvalue weighted by Crippen LogP contribution is -2.48. The number of hydrogen-bond acceptors (Lipinski definition) is 4. The maximum Gasteiger partial charge on any atom is 0.244 e. The Bertz CT molecular complexity index is 933. The molecule has 25 heavy (non-hydrogen) atoms. The lowest BCUT2D eigenvalue weighted by atomic mass is 10.1. The van der Waals surface area contributed by atoms with Crippen LogP contribution >= 0.6 is 23.2 Å². The topological polar surface area (TPSA) is 64.4 Å². The SMILES string of the molecule is N#Cc1cc(Cl)ccc1N1CCN(S(=O)(=O)c2ccccc2Cl)CC1. The van der Waals surface area contributed by atoms with Gasteiger partial charge in [-0.2, -0.15) is 9.57 Å². The van der Waals surface area contributed by atoms with Crippen molar-refractivity contribution in [2.75, 3.05) is 31.1 Å². The zero-order valence-corrected chi connectivity index (χ0v) is 15.5. The third-order valence-electron chi connectivity index (χ3n) is 4.11. The van der Waals surface area contributed by atoms with Crippen molar-refractivity contribution in [2.45, 2.75) is 4.90 Å². The van der Waals surface area contributed by atoms with Gasteiger partial charge in [0.2, 0.25) is 10.0 Å². The first-order valence-electron chi connectivity index (χ1n) is 7.63. The van der Waals surface area contributed by atoms with Gasteiger partial charge >= 0.3 is 0 Å². The van der Waals surface area contributed by atoms with Crippen LogP contribution < -0.4 is 4.90 Å². The molecule has 0 bridgehead atoms. The van der Waals surface area contributed by atoms with Gasteiger partial charge in [-0.3, -0.25) is 0 Å². The number of nitriles is 1. The normalized spacial score (nSPS) is 15.8. The number of nitrogens with zero attached hydrogens (tertiary/aromatic N) is 3. The molecule has 0 aliphatic carbocycles. The summed E-state index contributed by atoms with van der Waals surface area (Å²) in [6.07, 6.45) is 0. The third-order valence-corrected chi connectivity index (χ3v) is 6.75. The van der Waals surface area contributed by atoms with E-state index >= 15 is 0 Å². The quantitative estimate of drug-likeness (QED) is 0.798. The predicted octanol–water partition coefficient (Wildman–Crippen LogP) is 3.38. The molecule has 2 aromatic carbocycles. The first kappa shape index (κ1) is 18.0. The van der Waals surface area contributed by atoms with Crippen molar-refractivity contribution in [1.29, 1.82) is 5.26 Å². The Kier molecular flexibility index (Phi) is 5.21. The van der Waals surface area contributed by atoms with E-state index in [1.54, 1.807) is 36.4 Å². The number of anilines is 1. The Balaban J connectivity index is 1.79. The molecule has 1 aliphatic heterocycles. The van der Waals surface area contributed by atoms with Crippen LogP contribution in [-0.2, 0) is 10.0 Å². The molecular weight excluding hydrogens is 381 g/mol. The van der Waals surface area contributed by atoms with Crippen LogP contribution in [-0.4, -0.2) is 38.9 Å². The highest BCUT2D eigenvalue weighted by atomic mass is 35.5. The molecule has 5 nitrogen and oxygen atoms in total. The van der Waals surface area contributed by atoms with E-state index in [0.29, 0.717) is 36.8 Å². The molecule has 1 aliphatic rings. The maximum absolute atomic E-state index is 12.8. The van der Waals surface area contributed by atoms with E-state index in [2.05, 4.69) is 6.07 Å². The molecule has 2 aromatic rings. The van der Waals surface area contributed by atoms with Gasteiger partial charge in [0.1, 0.15) is 11.0 Å². The predicted molar refractivity (Wildman–Crippen MR) is 98.6 cm³/mol. The average Bonchev–Trinajstić information content (AvgIpc) is 2.62. The summed E-state index contributed by atoms with van der Waals surface area (Å²) in [7, 11) is -3.63. The van der Waals surface area contributed by atoms with Gasteiger partial charge in [0.15, 0.2) is 0 Å². The van der Waals surface area contributed by atoms with Gasteiger partial charge in [0.25, 0.3) is 0 Å². The van der Waals surface area contributed by atoms with Crippen molar-refractivity contribution in [3.05, 3.63) is 58.1 Å². The van der Waals surface area contributed by atoms with E-state index in [9.17, 15) is 13.7 Å². The fourth-order valence-corrected chi connectivity index (χ4v) is 4.92. The van der Waals surface area contributed by atoms with Crippen LogP contribution in [0.5, 0.6) is 0 Å². The first-order chi connectivity index (χ1) is 11.9. The molecule has 0 unspecified atom stereocenters. The van der Waals surface area contributed by atoms with E-state index in [1.807, 2.05) is 4.90 Å². The molecule has 0 spiro atoms. The van der Waals surface area contributed by atoms with E-state index in [-0.39, 0.29) is 9.92 Å². The summed E-state index contributed by atoms with van der Waals surface area (Å²) in [4.78, 5) is 2.11. The monoisotopic (exact) mass is 395 g/mol. The molecule has 130 valence electrons. The summed E-state index contributed by atoms with van der Waals surface area (Å²) in [6, 6.07) is 13.7. The van der Waals surface area contributed by atoms with Gasteiger partial charge in [-0.05, 0) is 30.3 Å². The molecule has 8 heteroatoms. The minimum absolute atomic E-state index is 0.120. The molecule has 0 amide bonds. The molecule has 0 N–H and O–H groups in total. The van der Waals surface area contributed by atoms with Gasteiger partial charge < -0.3 is 4.90 Å². The Morgan fingerprint density at radius 2 is 1.68 bits per heavy atom. The molecule has 0 atom stereocenters. The van der Waals surface area contributed by atoms with Gasteiger partial charge in [-0.1, -0.05) is 35.3 Å². The molecule has 1 heterocycles. The Morgan fingerprint density at radius 1 is 1.00 bits per heavy atom. The number of rotatable bonds is 3. The summed E-state index contributed by atoms with van der Waals surface area (Å²) < 4.78 is 27.0. The van der Waals surface area contributed by atoms with Crippen molar-refractivity contribution >= 4 is 38.9 Å². The van der Waals surface area contributed by atoms with Gasteiger partial charge in [-0.25, -0.2) is 8.42 Å². The van der Waals surface area contributed by atoms with Crippen LogP contribution in [0.25, 0.3) is 0 Å². The number of benzene rings is 2. The largest absolute Gasteiger partial charge is 0.368 e. The second-order valence-electron chi connectivity index (χ2n) is 5.59.